The number of hydrogen-bond donors (Lipinski definition) is 3. The number of nitrogen functional groups attached to an aromatic ring is 1. The molecule has 0 saturated carbocycles. The van der Waals surface area contributed by atoms with Crippen LogP contribution in [0.15, 0.2) is 24.3 Å². The van der Waals surface area contributed by atoms with Crippen molar-refractivity contribution in [3.63, 3.8) is 0 Å². The number of hydrogen-bond acceptors (Lipinski definition) is 5. The van der Waals surface area contributed by atoms with E-state index >= 15 is 0 Å². The number of aliphatic hydroxyl groups is 1. The molecule has 4 rings (SSSR count). The maximum absolute atomic E-state index is 13.1. The highest BCUT2D eigenvalue weighted by Gasteiger charge is 2.32. The van der Waals surface area contributed by atoms with Crippen LogP contribution >= 0.6 is 0 Å². The summed E-state index contributed by atoms with van der Waals surface area (Å²) in [5.41, 5.74) is 9.71. The Balaban J connectivity index is 1.73. The van der Waals surface area contributed by atoms with Crippen LogP contribution in [0.5, 0.6) is 0 Å². The number of fused-ring (bicyclic) bond motifs is 2. The van der Waals surface area contributed by atoms with Gasteiger partial charge < -0.3 is 16.2 Å². The maximum atomic E-state index is 13.1. The number of nitrogens with two attached hydrogens (primary N) is 1. The lowest BCUT2D eigenvalue weighted by Crippen LogP contribution is -2.30. The summed E-state index contributed by atoms with van der Waals surface area (Å²) in [4.78, 5) is 13.1. The summed E-state index contributed by atoms with van der Waals surface area (Å²) in [5, 5.41) is 17.4. The highest BCUT2D eigenvalue weighted by Crippen LogP contribution is 2.34. The Morgan fingerprint density at radius 2 is 2.17 bits per heavy atom. The highest BCUT2D eigenvalue weighted by molar-refractivity contribution is 5.89. The van der Waals surface area contributed by atoms with Crippen LogP contribution < -0.4 is 11.1 Å². The molecule has 120 valence electrons. The Labute approximate surface area is 134 Å². The molecule has 2 heterocycles. The number of benzene rings is 1. The van der Waals surface area contributed by atoms with E-state index in [0.717, 1.165) is 35.5 Å². The third kappa shape index (κ3) is 2.30. The van der Waals surface area contributed by atoms with Gasteiger partial charge in [-0.1, -0.05) is 18.2 Å². The van der Waals surface area contributed by atoms with E-state index in [9.17, 15) is 9.90 Å². The molecule has 1 aliphatic carbocycles. The largest absolute Gasteiger partial charge is 0.393 e. The summed E-state index contributed by atoms with van der Waals surface area (Å²) < 4.78 is 1.49. The Morgan fingerprint density at radius 1 is 1.35 bits per heavy atom. The Morgan fingerprint density at radius 3 is 3.04 bits per heavy atom. The molecule has 0 radical (unpaired) electrons. The molecule has 0 fully saturated rings. The van der Waals surface area contributed by atoms with Crippen LogP contribution in [0.25, 0.3) is 0 Å². The SMILES string of the molecule is Nc1nn(C(=O)[C@@H]2CCNc3ccccc32)c2c1CC(O)CC2. The van der Waals surface area contributed by atoms with Gasteiger partial charge in [-0.2, -0.15) is 0 Å². The van der Waals surface area contributed by atoms with Crippen LogP contribution in [0.4, 0.5) is 11.5 Å². The maximum Gasteiger partial charge on any atom is 0.254 e. The van der Waals surface area contributed by atoms with Crippen LogP contribution in [0, 0.1) is 0 Å². The molecule has 2 atom stereocenters. The molecule has 0 spiro atoms. The van der Waals surface area contributed by atoms with E-state index in [1.807, 2.05) is 24.3 Å². The monoisotopic (exact) mass is 312 g/mol. The Kier molecular flexibility index (Phi) is 3.34. The van der Waals surface area contributed by atoms with E-state index in [2.05, 4.69) is 10.4 Å². The average Bonchev–Trinajstić information content (AvgIpc) is 2.90. The number of carbonyl (C=O) groups is 1. The van der Waals surface area contributed by atoms with Gasteiger partial charge >= 0.3 is 0 Å². The second-order valence-corrected chi connectivity index (χ2v) is 6.31. The van der Waals surface area contributed by atoms with Gasteiger partial charge in [0, 0.05) is 24.2 Å². The van der Waals surface area contributed by atoms with Crippen LogP contribution in [0.1, 0.15) is 40.4 Å². The molecule has 6 nitrogen and oxygen atoms in total. The van der Waals surface area contributed by atoms with Gasteiger partial charge in [0.2, 0.25) is 0 Å². The minimum atomic E-state index is -0.392. The van der Waals surface area contributed by atoms with E-state index in [0.29, 0.717) is 25.1 Å². The molecule has 6 heteroatoms. The van der Waals surface area contributed by atoms with Gasteiger partial charge in [0.25, 0.3) is 5.91 Å². The highest BCUT2D eigenvalue weighted by atomic mass is 16.3. The lowest BCUT2D eigenvalue weighted by molar-refractivity contribution is 0.0848. The van der Waals surface area contributed by atoms with Gasteiger partial charge in [0.05, 0.1) is 17.7 Å². The minimum absolute atomic E-state index is 0.0247. The third-order valence-corrected chi connectivity index (χ3v) is 4.87. The molecule has 1 unspecified atom stereocenters. The van der Waals surface area contributed by atoms with Gasteiger partial charge in [-0.25, -0.2) is 4.68 Å². The summed E-state index contributed by atoms with van der Waals surface area (Å²) >= 11 is 0. The van der Waals surface area contributed by atoms with Crippen molar-refractivity contribution in [2.75, 3.05) is 17.6 Å². The number of aromatic nitrogens is 2. The van der Waals surface area contributed by atoms with Crippen LogP contribution in [0.2, 0.25) is 0 Å². The van der Waals surface area contributed by atoms with E-state index in [-0.39, 0.29) is 11.8 Å². The first-order valence-corrected chi connectivity index (χ1v) is 8.06. The number of anilines is 2. The van der Waals surface area contributed by atoms with Gasteiger partial charge in [-0.05, 0) is 30.9 Å². The van der Waals surface area contributed by atoms with E-state index in [4.69, 9.17) is 5.73 Å². The van der Waals surface area contributed by atoms with Crippen LogP contribution in [-0.2, 0) is 12.8 Å². The number of nitrogens with zero attached hydrogens (tertiary/aromatic N) is 2. The minimum Gasteiger partial charge on any atom is -0.393 e. The number of carbonyl (C=O) groups excluding carboxylic acids is 1. The van der Waals surface area contributed by atoms with Crippen molar-refractivity contribution >= 4 is 17.4 Å². The van der Waals surface area contributed by atoms with Crippen molar-refractivity contribution in [3.05, 3.63) is 41.1 Å². The van der Waals surface area contributed by atoms with Gasteiger partial charge in [0.15, 0.2) is 0 Å². The third-order valence-electron chi connectivity index (χ3n) is 4.87. The molecule has 0 amide bonds. The summed E-state index contributed by atoms with van der Waals surface area (Å²) in [5.74, 6) is 0.139. The summed E-state index contributed by atoms with van der Waals surface area (Å²) in [6, 6.07) is 7.91. The second kappa shape index (κ2) is 5.38. The number of nitrogens with one attached hydrogen (secondary N) is 1. The molecule has 0 bridgehead atoms. The Bertz CT molecular complexity index is 768. The van der Waals surface area contributed by atoms with Crippen LogP contribution in [-0.4, -0.2) is 33.4 Å². The molecule has 1 aromatic heterocycles. The molecule has 0 saturated heterocycles. The molecule has 4 N–H and O–H groups in total. The van der Waals surface area contributed by atoms with E-state index in [1.54, 1.807) is 0 Å². The molecule has 2 aromatic rings. The predicted molar refractivity (Wildman–Crippen MR) is 87.6 cm³/mol. The van der Waals surface area contributed by atoms with Gasteiger partial charge in [-0.3, -0.25) is 4.79 Å². The van der Waals surface area contributed by atoms with Gasteiger partial charge in [-0.15, -0.1) is 5.10 Å². The smallest absolute Gasteiger partial charge is 0.254 e. The fourth-order valence-electron chi connectivity index (χ4n) is 3.68. The first-order valence-electron chi connectivity index (χ1n) is 8.06. The zero-order valence-corrected chi connectivity index (χ0v) is 12.8. The normalized spacial score (nSPS) is 22.8. The van der Waals surface area contributed by atoms with Crippen molar-refractivity contribution in [2.24, 2.45) is 0 Å². The number of aliphatic hydroxyl groups excluding tert-OH is 1. The van der Waals surface area contributed by atoms with Gasteiger partial charge in [0.1, 0.15) is 5.82 Å². The summed E-state index contributed by atoms with van der Waals surface area (Å²) in [6.45, 7) is 0.769. The van der Waals surface area contributed by atoms with Crippen molar-refractivity contribution in [1.82, 2.24) is 9.78 Å². The van der Waals surface area contributed by atoms with Crippen molar-refractivity contribution in [3.8, 4) is 0 Å². The standard InChI is InChI=1S/C17H20N4O2/c18-16-13-9-10(22)5-6-15(13)21(20-16)17(23)12-7-8-19-14-4-2-1-3-11(12)14/h1-4,10,12,19,22H,5-9H2,(H2,18,20)/t10?,12-/m1/s1. The van der Waals surface area contributed by atoms with E-state index < -0.39 is 6.10 Å². The zero-order chi connectivity index (χ0) is 16.0. The zero-order valence-electron chi connectivity index (χ0n) is 12.8. The van der Waals surface area contributed by atoms with E-state index in [1.165, 1.54) is 4.68 Å². The second-order valence-electron chi connectivity index (χ2n) is 6.31. The summed E-state index contributed by atoms with van der Waals surface area (Å²) in [7, 11) is 0. The lowest BCUT2D eigenvalue weighted by atomic mass is 9.89. The number of rotatable bonds is 1. The summed E-state index contributed by atoms with van der Waals surface area (Å²) in [6.07, 6.45) is 2.12. The van der Waals surface area contributed by atoms with Crippen molar-refractivity contribution in [2.45, 2.75) is 37.7 Å². The molecular formula is C17H20N4O2. The topological polar surface area (TPSA) is 93.2 Å². The molecule has 23 heavy (non-hydrogen) atoms. The first-order chi connectivity index (χ1) is 11.1. The Hall–Kier alpha value is -2.34. The lowest BCUT2D eigenvalue weighted by Gasteiger charge is -2.26. The molecule has 1 aliphatic heterocycles. The quantitative estimate of drug-likeness (QED) is 0.743. The fraction of sp³-hybridized carbons (Fsp3) is 0.412. The molecular weight excluding hydrogens is 292 g/mol. The van der Waals surface area contributed by atoms with Crippen molar-refractivity contribution < 1.29 is 9.90 Å². The molecule has 2 aliphatic rings. The predicted octanol–water partition coefficient (Wildman–Crippen LogP) is 1.55. The molecule has 1 aromatic carbocycles. The first kappa shape index (κ1) is 14.3. The van der Waals surface area contributed by atoms with Crippen molar-refractivity contribution in [1.29, 1.82) is 0 Å². The van der Waals surface area contributed by atoms with Crippen LogP contribution in [0.3, 0.4) is 0 Å². The average molecular weight is 312 g/mol. The number of para-hydroxylation sites is 1. The fourth-order valence-corrected chi connectivity index (χ4v) is 3.68.